The molecule has 1 aromatic heterocycles. The van der Waals surface area contributed by atoms with Crippen LogP contribution in [0, 0.1) is 5.92 Å². The van der Waals surface area contributed by atoms with Crippen molar-refractivity contribution in [3.05, 3.63) is 17.8 Å². The van der Waals surface area contributed by atoms with Gasteiger partial charge in [0, 0.05) is 12.2 Å². The number of aromatic nitrogens is 1. The highest BCUT2D eigenvalue weighted by Gasteiger charge is 2.22. The van der Waals surface area contributed by atoms with Crippen molar-refractivity contribution in [1.82, 2.24) is 4.98 Å². The minimum atomic E-state index is -0.394. The van der Waals surface area contributed by atoms with E-state index >= 15 is 0 Å². The van der Waals surface area contributed by atoms with Gasteiger partial charge in [-0.3, -0.25) is 0 Å². The highest BCUT2D eigenvalue weighted by Crippen LogP contribution is 2.28. The number of carbonyl (C=O) groups is 1. The molecule has 0 saturated heterocycles. The van der Waals surface area contributed by atoms with Crippen molar-refractivity contribution in [2.24, 2.45) is 5.92 Å². The van der Waals surface area contributed by atoms with Crippen LogP contribution in [0.2, 0.25) is 0 Å². The third-order valence-corrected chi connectivity index (χ3v) is 4.17. The van der Waals surface area contributed by atoms with Crippen molar-refractivity contribution in [2.75, 3.05) is 17.7 Å². The SMILES string of the molecule is CCOC(=O)c1ccnc(NC2CCCCCC2C)c1N. The van der Waals surface area contributed by atoms with Gasteiger partial charge in [-0.1, -0.05) is 26.2 Å². The molecule has 2 unspecified atom stereocenters. The second-order valence-electron chi connectivity index (χ2n) is 5.71. The Morgan fingerprint density at radius 3 is 2.95 bits per heavy atom. The van der Waals surface area contributed by atoms with E-state index in [-0.39, 0.29) is 0 Å². The largest absolute Gasteiger partial charge is 0.462 e. The van der Waals surface area contributed by atoms with Crippen LogP contribution in [-0.4, -0.2) is 23.6 Å². The molecule has 0 aliphatic heterocycles. The zero-order chi connectivity index (χ0) is 15.2. The van der Waals surface area contributed by atoms with Crippen LogP contribution in [0.25, 0.3) is 0 Å². The molecule has 1 fully saturated rings. The third-order valence-electron chi connectivity index (χ3n) is 4.17. The molecule has 1 saturated carbocycles. The average molecular weight is 291 g/mol. The molecule has 0 aromatic carbocycles. The van der Waals surface area contributed by atoms with Gasteiger partial charge in [0.2, 0.25) is 0 Å². The number of nitrogen functional groups attached to an aromatic ring is 1. The summed E-state index contributed by atoms with van der Waals surface area (Å²) in [4.78, 5) is 16.2. The number of hydrogen-bond donors (Lipinski definition) is 2. The lowest BCUT2D eigenvalue weighted by molar-refractivity contribution is 0.0527. The second kappa shape index (κ2) is 7.29. The molecule has 3 N–H and O–H groups in total. The Bertz CT molecular complexity index is 490. The number of carbonyl (C=O) groups excluding carboxylic acids is 1. The first-order chi connectivity index (χ1) is 10.1. The van der Waals surface area contributed by atoms with Gasteiger partial charge >= 0.3 is 5.97 Å². The number of nitrogens with two attached hydrogens (primary N) is 1. The summed E-state index contributed by atoms with van der Waals surface area (Å²) in [5, 5.41) is 3.43. The number of ether oxygens (including phenoxy) is 1. The fourth-order valence-electron chi connectivity index (χ4n) is 2.86. The Balaban J connectivity index is 2.16. The summed E-state index contributed by atoms with van der Waals surface area (Å²) in [6, 6.07) is 1.97. The molecule has 2 atom stereocenters. The van der Waals surface area contributed by atoms with E-state index < -0.39 is 5.97 Å². The number of hydrogen-bond acceptors (Lipinski definition) is 5. The van der Waals surface area contributed by atoms with E-state index in [1.165, 1.54) is 25.7 Å². The van der Waals surface area contributed by atoms with Gasteiger partial charge in [0.25, 0.3) is 0 Å². The fourth-order valence-corrected chi connectivity index (χ4v) is 2.86. The van der Waals surface area contributed by atoms with Crippen LogP contribution in [0.15, 0.2) is 12.3 Å². The van der Waals surface area contributed by atoms with Gasteiger partial charge < -0.3 is 15.8 Å². The van der Waals surface area contributed by atoms with Crippen LogP contribution in [-0.2, 0) is 4.74 Å². The Hall–Kier alpha value is -1.78. The molecule has 5 heteroatoms. The molecule has 1 aromatic rings. The lowest BCUT2D eigenvalue weighted by Gasteiger charge is -2.24. The van der Waals surface area contributed by atoms with E-state index in [9.17, 15) is 4.79 Å². The first kappa shape index (κ1) is 15.6. The summed E-state index contributed by atoms with van der Waals surface area (Å²) >= 11 is 0. The van der Waals surface area contributed by atoms with Crippen LogP contribution in [0.4, 0.5) is 11.5 Å². The zero-order valence-corrected chi connectivity index (χ0v) is 12.9. The lowest BCUT2D eigenvalue weighted by Crippen LogP contribution is -2.27. The Morgan fingerprint density at radius 2 is 2.19 bits per heavy atom. The van der Waals surface area contributed by atoms with Gasteiger partial charge in [-0.2, -0.15) is 0 Å². The minimum absolute atomic E-state index is 0.336. The molecule has 1 aliphatic rings. The molecule has 1 heterocycles. The van der Waals surface area contributed by atoms with E-state index in [2.05, 4.69) is 17.2 Å². The monoisotopic (exact) mass is 291 g/mol. The molecule has 5 nitrogen and oxygen atoms in total. The van der Waals surface area contributed by atoms with E-state index in [0.717, 1.165) is 6.42 Å². The summed E-state index contributed by atoms with van der Waals surface area (Å²) in [7, 11) is 0. The van der Waals surface area contributed by atoms with Gasteiger partial charge in [0.15, 0.2) is 0 Å². The van der Waals surface area contributed by atoms with Gasteiger partial charge in [0.1, 0.15) is 5.82 Å². The molecular formula is C16H25N3O2. The predicted octanol–water partition coefficient (Wildman–Crippen LogP) is 3.22. The van der Waals surface area contributed by atoms with Gasteiger partial charge in [-0.15, -0.1) is 0 Å². The molecule has 0 bridgehead atoms. The normalized spacial score (nSPS) is 22.4. The van der Waals surface area contributed by atoms with E-state index in [1.54, 1.807) is 19.2 Å². The standard InChI is InChI=1S/C16H25N3O2/c1-3-21-16(20)12-9-10-18-15(14(12)17)19-13-8-6-4-5-7-11(13)2/h9-11,13H,3-8,17H2,1-2H3,(H,18,19). The van der Waals surface area contributed by atoms with Crippen LogP contribution >= 0.6 is 0 Å². The highest BCUT2D eigenvalue weighted by atomic mass is 16.5. The van der Waals surface area contributed by atoms with E-state index in [1.807, 2.05) is 0 Å². The summed E-state index contributed by atoms with van der Waals surface area (Å²) in [6.45, 7) is 4.37. The van der Waals surface area contributed by atoms with Crippen molar-refractivity contribution in [3.63, 3.8) is 0 Å². The fraction of sp³-hybridized carbons (Fsp3) is 0.625. The average Bonchev–Trinajstić information content (AvgIpc) is 2.66. The lowest BCUT2D eigenvalue weighted by atomic mass is 9.97. The number of pyridine rings is 1. The summed E-state index contributed by atoms with van der Waals surface area (Å²) in [5.74, 6) is 0.786. The topological polar surface area (TPSA) is 77.2 Å². The van der Waals surface area contributed by atoms with Gasteiger partial charge in [-0.05, 0) is 31.7 Å². The van der Waals surface area contributed by atoms with Crippen LogP contribution in [0.3, 0.4) is 0 Å². The molecule has 116 valence electrons. The summed E-state index contributed by atoms with van der Waals surface area (Å²) in [5.41, 5.74) is 6.86. The molecule has 2 rings (SSSR count). The number of nitrogens with one attached hydrogen (secondary N) is 1. The number of nitrogens with zero attached hydrogens (tertiary/aromatic N) is 1. The smallest absolute Gasteiger partial charge is 0.340 e. The number of anilines is 2. The Kier molecular flexibility index (Phi) is 5.42. The van der Waals surface area contributed by atoms with Crippen molar-refractivity contribution < 1.29 is 9.53 Å². The molecule has 21 heavy (non-hydrogen) atoms. The third kappa shape index (κ3) is 3.86. The Labute approximate surface area is 126 Å². The maximum atomic E-state index is 11.9. The van der Waals surface area contributed by atoms with Gasteiger partial charge in [-0.25, -0.2) is 9.78 Å². The molecule has 0 radical (unpaired) electrons. The van der Waals surface area contributed by atoms with Crippen LogP contribution < -0.4 is 11.1 Å². The second-order valence-corrected chi connectivity index (χ2v) is 5.71. The molecule has 0 spiro atoms. The van der Waals surface area contributed by atoms with Crippen molar-refractivity contribution >= 4 is 17.5 Å². The first-order valence-electron chi connectivity index (χ1n) is 7.81. The predicted molar refractivity (Wildman–Crippen MR) is 84.3 cm³/mol. The van der Waals surface area contributed by atoms with E-state index in [0.29, 0.717) is 35.6 Å². The summed E-state index contributed by atoms with van der Waals surface area (Å²) in [6.07, 6.45) is 7.73. The number of rotatable bonds is 4. The summed E-state index contributed by atoms with van der Waals surface area (Å²) < 4.78 is 5.02. The van der Waals surface area contributed by atoms with Crippen molar-refractivity contribution in [1.29, 1.82) is 0 Å². The van der Waals surface area contributed by atoms with Crippen molar-refractivity contribution in [2.45, 2.75) is 52.0 Å². The first-order valence-corrected chi connectivity index (χ1v) is 7.81. The van der Waals surface area contributed by atoms with E-state index in [4.69, 9.17) is 10.5 Å². The quantitative estimate of drug-likeness (QED) is 0.658. The van der Waals surface area contributed by atoms with Crippen LogP contribution in [0.1, 0.15) is 56.3 Å². The molecule has 0 amide bonds. The maximum Gasteiger partial charge on any atom is 0.340 e. The molecule has 1 aliphatic carbocycles. The highest BCUT2D eigenvalue weighted by molar-refractivity contribution is 5.97. The Morgan fingerprint density at radius 1 is 1.43 bits per heavy atom. The van der Waals surface area contributed by atoms with Crippen molar-refractivity contribution in [3.8, 4) is 0 Å². The molecular weight excluding hydrogens is 266 g/mol. The minimum Gasteiger partial charge on any atom is -0.462 e. The zero-order valence-electron chi connectivity index (χ0n) is 12.9. The number of esters is 1. The van der Waals surface area contributed by atoms with Gasteiger partial charge in [0.05, 0.1) is 17.9 Å². The maximum absolute atomic E-state index is 11.9. The van der Waals surface area contributed by atoms with Crippen LogP contribution in [0.5, 0.6) is 0 Å².